The molecule has 7 nitrogen and oxygen atoms in total. The predicted molar refractivity (Wildman–Crippen MR) is 138 cm³/mol. The van der Waals surface area contributed by atoms with Crippen molar-refractivity contribution in [3.05, 3.63) is 75.3 Å². The van der Waals surface area contributed by atoms with Crippen LogP contribution >= 0.6 is 50.7 Å². The molecule has 0 radical (unpaired) electrons. The van der Waals surface area contributed by atoms with Crippen molar-refractivity contribution in [3.63, 3.8) is 0 Å². The number of fused-ring (bicyclic) bond motifs is 1. The van der Waals surface area contributed by atoms with Crippen LogP contribution in [0.25, 0.3) is 5.57 Å². The average Bonchev–Trinajstić information content (AvgIpc) is 3.49. The van der Waals surface area contributed by atoms with Crippen LogP contribution in [0.4, 0.5) is 0 Å². The van der Waals surface area contributed by atoms with Crippen molar-refractivity contribution < 1.29 is 23.9 Å². The van der Waals surface area contributed by atoms with E-state index in [-0.39, 0.29) is 31.2 Å². The van der Waals surface area contributed by atoms with Crippen LogP contribution in [-0.4, -0.2) is 45.0 Å². The van der Waals surface area contributed by atoms with Crippen molar-refractivity contribution in [2.45, 2.75) is 34.6 Å². The summed E-state index contributed by atoms with van der Waals surface area (Å²) in [5, 5.41) is 2.30. The lowest BCUT2D eigenvalue weighted by Gasteiger charge is -2.29. The van der Waals surface area contributed by atoms with Crippen molar-refractivity contribution in [1.29, 1.82) is 0 Å². The summed E-state index contributed by atoms with van der Waals surface area (Å²) in [5.74, 6) is -1.73. The minimum Gasteiger partial charge on any atom is -0.460 e. The Morgan fingerprint density at radius 3 is 2.47 bits per heavy atom. The van der Waals surface area contributed by atoms with Crippen LogP contribution < -0.4 is 5.32 Å². The Balaban J connectivity index is 1.48. The standard InChI is InChI=1S/C25H18BrCl3N2O5/c26-14-6-4-13(5-7-14)24(23(35)36-12-25(27,28)29)10-18(24)15-2-1-3-16-17(15)11-31(22(16)34)19-8-9-20(32)30-21(19)33/h1-7,10,19H,8-9,11-12H2,(H,30,32,33)/t19?,24-/m1/s1. The Morgan fingerprint density at radius 2 is 1.81 bits per heavy atom. The predicted octanol–water partition coefficient (Wildman–Crippen LogP) is 4.46. The van der Waals surface area contributed by atoms with Crippen molar-refractivity contribution in [2.24, 2.45) is 0 Å². The number of alkyl halides is 3. The van der Waals surface area contributed by atoms with Gasteiger partial charge in [0.05, 0.1) is 0 Å². The number of piperidine rings is 1. The number of imide groups is 1. The Labute approximate surface area is 229 Å². The molecule has 5 rings (SSSR count). The van der Waals surface area contributed by atoms with Crippen molar-refractivity contribution >= 4 is 80.0 Å². The van der Waals surface area contributed by atoms with Gasteiger partial charge >= 0.3 is 5.97 Å². The minimum absolute atomic E-state index is 0.163. The van der Waals surface area contributed by atoms with E-state index in [1.165, 1.54) is 4.90 Å². The van der Waals surface area contributed by atoms with Gasteiger partial charge in [-0.1, -0.05) is 81.1 Å². The number of halogens is 4. The van der Waals surface area contributed by atoms with E-state index in [4.69, 9.17) is 39.5 Å². The third-order valence-electron chi connectivity index (χ3n) is 6.56. The van der Waals surface area contributed by atoms with Gasteiger partial charge in [-0.3, -0.25) is 24.5 Å². The third-order valence-corrected chi connectivity index (χ3v) is 7.42. The fraction of sp³-hybridized carbons (Fsp3) is 0.280. The third kappa shape index (κ3) is 4.45. The lowest BCUT2D eigenvalue weighted by atomic mass is 9.86. The summed E-state index contributed by atoms with van der Waals surface area (Å²) in [6, 6.07) is 11.7. The number of carbonyl (C=O) groups is 4. The highest BCUT2D eigenvalue weighted by Gasteiger charge is 2.56. The molecule has 3 amide bonds. The first kappa shape index (κ1) is 25.3. The summed E-state index contributed by atoms with van der Waals surface area (Å²) in [6.45, 7) is -0.252. The Kier molecular flexibility index (Phi) is 6.44. The topological polar surface area (TPSA) is 92.8 Å². The van der Waals surface area contributed by atoms with E-state index in [2.05, 4.69) is 21.2 Å². The second-order valence-corrected chi connectivity index (χ2v) is 12.2. The molecule has 1 fully saturated rings. The number of nitrogens with zero attached hydrogens (tertiary/aromatic N) is 1. The second-order valence-electron chi connectivity index (χ2n) is 8.80. The number of nitrogens with one attached hydrogen (secondary N) is 1. The Hall–Kier alpha value is -2.39. The van der Waals surface area contributed by atoms with E-state index in [0.29, 0.717) is 27.8 Å². The van der Waals surface area contributed by atoms with Crippen molar-refractivity contribution in [3.8, 4) is 0 Å². The maximum atomic E-state index is 13.4. The number of ether oxygens (including phenoxy) is 1. The highest BCUT2D eigenvalue weighted by Crippen LogP contribution is 2.55. The van der Waals surface area contributed by atoms with E-state index in [1.807, 2.05) is 18.2 Å². The molecule has 2 aromatic carbocycles. The summed E-state index contributed by atoms with van der Waals surface area (Å²) in [7, 11) is 0. The SMILES string of the molecule is O=C1CCC(N2Cc3c(cccc3C3=C[C@@]3(C(=O)OCC(Cl)(Cl)Cl)c3ccc(Br)cc3)C2=O)C(=O)N1. The van der Waals surface area contributed by atoms with Gasteiger partial charge < -0.3 is 9.64 Å². The van der Waals surface area contributed by atoms with Gasteiger partial charge in [0.1, 0.15) is 18.1 Å². The zero-order valence-electron chi connectivity index (χ0n) is 18.5. The Morgan fingerprint density at radius 1 is 1.11 bits per heavy atom. The smallest absolute Gasteiger partial charge is 0.325 e. The molecule has 36 heavy (non-hydrogen) atoms. The summed E-state index contributed by atoms with van der Waals surface area (Å²) < 4.78 is 4.46. The first-order chi connectivity index (χ1) is 17.0. The zero-order chi connectivity index (χ0) is 25.8. The van der Waals surface area contributed by atoms with Crippen LogP contribution in [0.1, 0.15) is 39.9 Å². The van der Waals surface area contributed by atoms with Gasteiger partial charge in [0.2, 0.25) is 15.6 Å². The van der Waals surface area contributed by atoms with Crippen LogP contribution in [0.3, 0.4) is 0 Å². The highest BCUT2D eigenvalue weighted by atomic mass is 79.9. The van der Waals surface area contributed by atoms with Gasteiger partial charge in [-0.2, -0.15) is 0 Å². The molecule has 0 bridgehead atoms. The van der Waals surface area contributed by atoms with Crippen LogP contribution in [-0.2, 0) is 31.1 Å². The summed E-state index contributed by atoms with van der Waals surface area (Å²) in [5.41, 5.74) is 1.96. The van der Waals surface area contributed by atoms with Crippen LogP contribution in [0.5, 0.6) is 0 Å². The molecule has 1 aliphatic carbocycles. The quantitative estimate of drug-likeness (QED) is 0.306. The first-order valence-electron chi connectivity index (χ1n) is 11.0. The maximum absolute atomic E-state index is 13.4. The van der Waals surface area contributed by atoms with Gasteiger partial charge in [0.25, 0.3) is 5.91 Å². The summed E-state index contributed by atoms with van der Waals surface area (Å²) in [4.78, 5) is 52.1. The normalized spacial score (nSPS) is 23.2. The molecule has 2 atom stereocenters. The van der Waals surface area contributed by atoms with E-state index >= 15 is 0 Å². The minimum atomic E-state index is -1.77. The Bertz CT molecular complexity index is 1340. The van der Waals surface area contributed by atoms with E-state index in [9.17, 15) is 19.2 Å². The molecule has 2 aromatic rings. The summed E-state index contributed by atoms with van der Waals surface area (Å²) >= 11 is 20.8. The monoisotopic (exact) mass is 610 g/mol. The van der Waals surface area contributed by atoms with E-state index in [1.54, 1.807) is 30.3 Å². The number of rotatable bonds is 5. The molecule has 11 heteroatoms. The number of carbonyl (C=O) groups excluding carboxylic acids is 4. The molecule has 2 heterocycles. The summed E-state index contributed by atoms with van der Waals surface area (Å²) in [6.07, 6.45) is 2.19. The van der Waals surface area contributed by atoms with Gasteiger partial charge in [0, 0.05) is 23.0 Å². The lowest BCUT2D eigenvalue weighted by molar-refractivity contribution is -0.145. The number of amides is 3. The van der Waals surface area contributed by atoms with Crippen molar-refractivity contribution in [1.82, 2.24) is 10.2 Å². The van der Waals surface area contributed by atoms with Crippen LogP contribution in [0.15, 0.2) is 53.0 Å². The van der Waals surface area contributed by atoms with Gasteiger partial charge in [0.15, 0.2) is 0 Å². The van der Waals surface area contributed by atoms with E-state index < -0.39 is 33.7 Å². The lowest BCUT2D eigenvalue weighted by Crippen LogP contribution is -2.52. The molecule has 1 saturated heterocycles. The van der Waals surface area contributed by atoms with Gasteiger partial charge in [-0.25, -0.2) is 0 Å². The number of benzene rings is 2. The molecule has 3 aliphatic rings. The molecule has 0 aromatic heterocycles. The van der Waals surface area contributed by atoms with Crippen molar-refractivity contribution in [2.75, 3.05) is 6.61 Å². The molecule has 1 N–H and O–H groups in total. The fourth-order valence-corrected chi connectivity index (χ4v) is 5.24. The molecule has 0 spiro atoms. The molecule has 2 aliphatic heterocycles. The zero-order valence-corrected chi connectivity index (χ0v) is 22.4. The van der Waals surface area contributed by atoms with Crippen LogP contribution in [0.2, 0.25) is 0 Å². The molecular weight excluding hydrogens is 595 g/mol. The van der Waals surface area contributed by atoms with Gasteiger partial charge in [-0.15, -0.1) is 0 Å². The number of esters is 1. The number of hydrogen-bond donors (Lipinski definition) is 1. The number of hydrogen-bond acceptors (Lipinski definition) is 5. The van der Waals surface area contributed by atoms with E-state index in [0.717, 1.165) is 4.47 Å². The van der Waals surface area contributed by atoms with Gasteiger partial charge in [-0.05, 0) is 46.9 Å². The molecule has 186 valence electrons. The molecular formula is C25H18BrCl3N2O5. The maximum Gasteiger partial charge on any atom is 0.325 e. The molecule has 1 unspecified atom stereocenters. The highest BCUT2D eigenvalue weighted by molar-refractivity contribution is 9.10. The first-order valence-corrected chi connectivity index (χ1v) is 12.9. The fourth-order valence-electron chi connectivity index (χ4n) is 4.81. The van der Waals surface area contributed by atoms with Crippen LogP contribution in [0, 0.1) is 0 Å². The average molecular weight is 613 g/mol. The second kappa shape index (κ2) is 9.17. The largest absolute Gasteiger partial charge is 0.460 e. The molecule has 0 saturated carbocycles.